The van der Waals surface area contributed by atoms with Gasteiger partial charge in [-0.3, -0.25) is 9.10 Å². The van der Waals surface area contributed by atoms with Gasteiger partial charge in [-0.05, 0) is 48.0 Å². The number of rotatable bonds is 6. The van der Waals surface area contributed by atoms with Crippen molar-refractivity contribution in [3.8, 4) is 0 Å². The van der Waals surface area contributed by atoms with E-state index < -0.39 is 21.7 Å². The van der Waals surface area contributed by atoms with E-state index in [9.17, 15) is 17.6 Å². The van der Waals surface area contributed by atoms with Gasteiger partial charge < -0.3 is 4.90 Å². The molecule has 8 heteroatoms. The van der Waals surface area contributed by atoms with E-state index >= 15 is 0 Å². The molecule has 3 aromatic rings. The highest BCUT2D eigenvalue weighted by atomic mass is 35.5. The quantitative estimate of drug-likeness (QED) is 0.557. The Balaban J connectivity index is 1.90. The van der Waals surface area contributed by atoms with E-state index in [1.165, 1.54) is 54.4 Å². The smallest absolute Gasteiger partial charge is 0.264 e. The molecular formula is C22H20ClFN2O3S. The van der Waals surface area contributed by atoms with Crippen molar-refractivity contribution in [2.24, 2.45) is 0 Å². The highest BCUT2D eigenvalue weighted by Crippen LogP contribution is 2.27. The Labute approximate surface area is 180 Å². The minimum Gasteiger partial charge on any atom is -0.337 e. The van der Waals surface area contributed by atoms with Crippen molar-refractivity contribution in [1.29, 1.82) is 0 Å². The molecule has 0 saturated carbocycles. The fourth-order valence-electron chi connectivity index (χ4n) is 2.91. The van der Waals surface area contributed by atoms with Gasteiger partial charge in [-0.1, -0.05) is 41.9 Å². The van der Waals surface area contributed by atoms with E-state index in [0.29, 0.717) is 12.2 Å². The molecule has 0 bridgehead atoms. The van der Waals surface area contributed by atoms with Crippen LogP contribution >= 0.6 is 11.6 Å². The summed E-state index contributed by atoms with van der Waals surface area (Å²) in [4.78, 5) is 14.3. The Kier molecular flexibility index (Phi) is 6.43. The van der Waals surface area contributed by atoms with Crippen LogP contribution in [0.4, 0.5) is 10.1 Å². The molecular weight excluding hydrogens is 427 g/mol. The molecule has 3 rings (SSSR count). The zero-order chi connectivity index (χ0) is 21.9. The average molecular weight is 447 g/mol. The fraction of sp³-hybridized carbons (Fsp3) is 0.136. The second-order valence-corrected chi connectivity index (χ2v) is 9.11. The molecule has 0 spiro atoms. The Bertz CT molecular complexity index is 1150. The zero-order valence-electron chi connectivity index (χ0n) is 16.4. The van der Waals surface area contributed by atoms with Crippen LogP contribution in [-0.4, -0.2) is 33.3 Å². The molecule has 0 aliphatic heterocycles. The number of nitrogens with zero attached hydrogens (tertiary/aromatic N) is 2. The summed E-state index contributed by atoms with van der Waals surface area (Å²) in [6.07, 6.45) is 0. The predicted molar refractivity (Wildman–Crippen MR) is 116 cm³/mol. The summed E-state index contributed by atoms with van der Waals surface area (Å²) in [5.74, 6) is -0.865. The van der Waals surface area contributed by atoms with Crippen LogP contribution in [0.2, 0.25) is 5.02 Å². The van der Waals surface area contributed by atoms with Crippen molar-refractivity contribution in [2.75, 3.05) is 18.4 Å². The lowest BCUT2D eigenvalue weighted by molar-refractivity contribution is 0.0785. The molecule has 0 atom stereocenters. The van der Waals surface area contributed by atoms with Crippen LogP contribution in [0.1, 0.15) is 15.9 Å². The first-order valence-electron chi connectivity index (χ1n) is 9.03. The van der Waals surface area contributed by atoms with Gasteiger partial charge in [0.05, 0.1) is 21.2 Å². The van der Waals surface area contributed by atoms with E-state index in [2.05, 4.69) is 0 Å². The molecule has 3 aromatic carbocycles. The second-order valence-electron chi connectivity index (χ2n) is 6.74. The van der Waals surface area contributed by atoms with Gasteiger partial charge in [0, 0.05) is 20.6 Å². The van der Waals surface area contributed by atoms with Gasteiger partial charge in [0.2, 0.25) is 0 Å². The molecule has 5 nitrogen and oxygen atoms in total. The van der Waals surface area contributed by atoms with E-state index in [1.807, 2.05) is 30.3 Å². The second kappa shape index (κ2) is 8.85. The molecule has 156 valence electrons. The van der Waals surface area contributed by atoms with Crippen molar-refractivity contribution in [3.05, 3.63) is 94.8 Å². The number of hydrogen-bond acceptors (Lipinski definition) is 3. The first-order valence-corrected chi connectivity index (χ1v) is 10.9. The third-order valence-corrected chi connectivity index (χ3v) is 6.74. The number of halogens is 2. The monoisotopic (exact) mass is 446 g/mol. The number of hydrogen-bond donors (Lipinski definition) is 0. The van der Waals surface area contributed by atoms with Crippen molar-refractivity contribution in [3.63, 3.8) is 0 Å². The van der Waals surface area contributed by atoms with Crippen LogP contribution < -0.4 is 4.31 Å². The maximum Gasteiger partial charge on any atom is 0.264 e. The summed E-state index contributed by atoms with van der Waals surface area (Å²) in [6, 6.07) is 18.5. The summed E-state index contributed by atoms with van der Waals surface area (Å²) < 4.78 is 40.2. The lowest BCUT2D eigenvalue weighted by Crippen LogP contribution is -2.28. The van der Waals surface area contributed by atoms with Crippen molar-refractivity contribution < 1.29 is 17.6 Å². The van der Waals surface area contributed by atoms with Gasteiger partial charge in [-0.15, -0.1) is 0 Å². The Morgan fingerprint density at radius 1 is 0.967 bits per heavy atom. The van der Waals surface area contributed by atoms with Gasteiger partial charge in [0.25, 0.3) is 15.9 Å². The fourth-order valence-corrected chi connectivity index (χ4v) is 4.33. The summed E-state index contributed by atoms with van der Waals surface area (Å²) >= 11 is 6.20. The molecule has 0 radical (unpaired) electrons. The molecule has 30 heavy (non-hydrogen) atoms. The molecule has 1 amide bonds. The highest BCUT2D eigenvalue weighted by Gasteiger charge is 2.25. The number of amides is 1. The summed E-state index contributed by atoms with van der Waals surface area (Å²) in [5.41, 5.74) is 1.31. The first-order chi connectivity index (χ1) is 14.2. The molecule has 0 heterocycles. The van der Waals surface area contributed by atoms with Crippen molar-refractivity contribution in [2.45, 2.75) is 11.4 Å². The van der Waals surface area contributed by atoms with E-state index in [4.69, 9.17) is 11.6 Å². The van der Waals surface area contributed by atoms with Crippen LogP contribution in [0.3, 0.4) is 0 Å². The summed E-state index contributed by atoms with van der Waals surface area (Å²) in [7, 11) is -0.997. The highest BCUT2D eigenvalue weighted by molar-refractivity contribution is 7.92. The number of sulfonamides is 1. The van der Waals surface area contributed by atoms with Crippen LogP contribution in [-0.2, 0) is 16.6 Å². The topological polar surface area (TPSA) is 57.7 Å². The van der Waals surface area contributed by atoms with Gasteiger partial charge in [-0.2, -0.15) is 0 Å². The van der Waals surface area contributed by atoms with Gasteiger partial charge in [-0.25, -0.2) is 12.8 Å². The van der Waals surface area contributed by atoms with E-state index in [1.54, 1.807) is 7.05 Å². The Morgan fingerprint density at radius 2 is 1.60 bits per heavy atom. The van der Waals surface area contributed by atoms with Gasteiger partial charge >= 0.3 is 0 Å². The minimum absolute atomic E-state index is 0.0867. The SMILES string of the molecule is CN(Cc1ccccc1)C(=O)c1cc(S(=O)(=O)N(C)c2ccc(F)cc2)ccc1Cl. The zero-order valence-corrected chi connectivity index (χ0v) is 18.0. The molecule has 0 aromatic heterocycles. The van der Waals surface area contributed by atoms with Crippen LogP contribution in [0, 0.1) is 5.82 Å². The minimum atomic E-state index is -3.98. The molecule has 0 aliphatic carbocycles. The van der Waals surface area contributed by atoms with Gasteiger partial charge in [0.1, 0.15) is 5.82 Å². The number of anilines is 1. The molecule has 0 saturated heterocycles. The lowest BCUT2D eigenvalue weighted by atomic mass is 10.1. The first kappa shape index (κ1) is 21.8. The van der Waals surface area contributed by atoms with Crippen molar-refractivity contribution in [1.82, 2.24) is 4.90 Å². The van der Waals surface area contributed by atoms with Gasteiger partial charge in [0.15, 0.2) is 0 Å². The predicted octanol–water partition coefficient (Wildman–Crippen LogP) is 4.58. The lowest BCUT2D eigenvalue weighted by Gasteiger charge is -2.21. The van der Waals surface area contributed by atoms with Crippen LogP contribution in [0.5, 0.6) is 0 Å². The molecule has 0 fully saturated rings. The number of carbonyl (C=O) groups is 1. The van der Waals surface area contributed by atoms with E-state index in [-0.39, 0.29) is 15.5 Å². The van der Waals surface area contributed by atoms with Crippen LogP contribution in [0.15, 0.2) is 77.7 Å². The third-order valence-electron chi connectivity index (χ3n) is 4.63. The molecule has 0 aliphatic rings. The number of benzene rings is 3. The average Bonchev–Trinajstić information content (AvgIpc) is 2.74. The summed E-state index contributed by atoms with van der Waals surface area (Å²) in [5, 5.41) is 0.156. The molecule has 0 unspecified atom stereocenters. The van der Waals surface area contributed by atoms with Crippen LogP contribution in [0.25, 0.3) is 0 Å². The van der Waals surface area contributed by atoms with E-state index in [0.717, 1.165) is 9.87 Å². The third kappa shape index (κ3) is 4.63. The Morgan fingerprint density at radius 3 is 2.23 bits per heavy atom. The molecule has 0 N–H and O–H groups in total. The standard InChI is InChI=1S/C22H20ClFN2O3S/c1-25(15-16-6-4-3-5-7-16)22(27)20-14-19(12-13-21(20)23)30(28,29)26(2)18-10-8-17(24)9-11-18/h3-14H,15H2,1-2H3. The van der Waals surface area contributed by atoms with Crippen molar-refractivity contribution >= 4 is 33.2 Å². The number of carbonyl (C=O) groups excluding carboxylic acids is 1. The maximum absolute atomic E-state index is 13.2. The maximum atomic E-state index is 13.2. The largest absolute Gasteiger partial charge is 0.337 e. The summed E-state index contributed by atoms with van der Waals surface area (Å²) in [6.45, 7) is 0.350. The normalized spacial score (nSPS) is 11.2. The Hall–Kier alpha value is -2.90.